The number of ether oxygens (including phenoxy) is 1. The molecule has 0 spiro atoms. The first kappa shape index (κ1) is 12.3. The van der Waals surface area contributed by atoms with E-state index in [0.29, 0.717) is 10.7 Å². The van der Waals surface area contributed by atoms with Crippen molar-refractivity contribution in [2.75, 3.05) is 7.11 Å². The van der Waals surface area contributed by atoms with E-state index in [1.807, 2.05) is 4.57 Å². The highest BCUT2D eigenvalue weighted by molar-refractivity contribution is 7.71. The van der Waals surface area contributed by atoms with Gasteiger partial charge in [-0.1, -0.05) is 11.6 Å². The molecular formula is C13H16N4OS. The Morgan fingerprint density at radius 1 is 1.47 bits per heavy atom. The summed E-state index contributed by atoms with van der Waals surface area (Å²) in [6.45, 7) is 0.852. The lowest BCUT2D eigenvalue weighted by molar-refractivity contribution is 0.401. The van der Waals surface area contributed by atoms with Crippen LogP contribution >= 0.6 is 12.2 Å². The van der Waals surface area contributed by atoms with E-state index in [4.69, 9.17) is 17.0 Å². The second-order valence-corrected chi connectivity index (χ2v) is 5.05. The number of H-pyrrole nitrogens is 1. The minimum atomic E-state index is 0.537. The largest absolute Gasteiger partial charge is 0.479 e. The number of methoxy groups -OCH3 is 1. The van der Waals surface area contributed by atoms with Crippen LogP contribution in [0.25, 0.3) is 11.2 Å². The van der Waals surface area contributed by atoms with Gasteiger partial charge in [0.1, 0.15) is 11.8 Å². The van der Waals surface area contributed by atoms with E-state index in [0.717, 1.165) is 24.1 Å². The molecule has 5 nitrogen and oxygen atoms in total. The van der Waals surface area contributed by atoms with Crippen molar-refractivity contribution < 1.29 is 4.74 Å². The molecule has 2 aromatic heterocycles. The van der Waals surface area contributed by atoms with Gasteiger partial charge in [-0.2, -0.15) is 4.98 Å². The molecule has 19 heavy (non-hydrogen) atoms. The lowest BCUT2D eigenvalue weighted by atomic mass is 10.2. The molecule has 3 rings (SSSR count). The maximum atomic E-state index is 5.37. The molecule has 6 heteroatoms. The van der Waals surface area contributed by atoms with Gasteiger partial charge in [-0.3, -0.25) is 0 Å². The molecule has 0 saturated carbocycles. The summed E-state index contributed by atoms with van der Waals surface area (Å²) in [7, 11) is 1.60. The highest BCUT2D eigenvalue weighted by Crippen LogP contribution is 2.24. The first-order valence-corrected chi connectivity index (χ1v) is 6.86. The van der Waals surface area contributed by atoms with E-state index in [9.17, 15) is 0 Å². The fourth-order valence-electron chi connectivity index (χ4n) is 2.53. The van der Waals surface area contributed by atoms with Crippen molar-refractivity contribution >= 4 is 23.4 Å². The van der Waals surface area contributed by atoms with Crippen LogP contribution in [0.4, 0.5) is 0 Å². The third-order valence-corrected chi connectivity index (χ3v) is 3.83. The van der Waals surface area contributed by atoms with Gasteiger partial charge >= 0.3 is 0 Å². The van der Waals surface area contributed by atoms with E-state index in [1.165, 1.54) is 31.2 Å². The van der Waals surface area contributed by atoms with Crippen LogP contribution in [0.15, 0.2) is 18.0 Å². The third kappa shape index (κ3) is 2.28. The number of imidazole rings is 1. The summed E-state index contributed by atoms with van der Waals surface area (Å²) < 4.78 is 7.92. The molecule has 0 fully saturated rings. The molecule has 0 saturated heterocycles. The van der Waals surface area contributed by atoms with Crippen LogP contribution in [-0.4, -0.2) is 26.6 Å². The van der Waals surface area contributed by atoms with Crippen LogP contribution in [0.3, 0.4) is 0 Å². The number of aromatic nitrogens is 4. The summed E-state index contributed by atoms with van der Waals surface area (Å²) in [6.07, 6.45) is 8.60. The number of hydrogen-bond acceptors (Lipinski definition) is 4. The summed E-state index contributed by atoms with van der Waals surface area (Å²) in [5.41, 5.74) is 3.11. The van der Waals surface area contributed by atoms with Gasteiger partial charge in [-0.25, -0.2) is 4.98 Å². The van der Waals surface area contributed by atoms with E-state index in [1.54, 1.807) is 7.11 Å². The third-order valence-electron chi connectivity index (χ3n) is 3.51. The zero-order valence-corrected chi connectivity index (χ0v) is 11.7. The number of hydrogen-bond donors (Lipinski definition) is 1. The molecule has 0 atom stereocenters. The van der Waals surface area contributed by atoms with Gasteiger partial charge in [-0.15, -0.1) is 0 Å². The standard InChI is InChI=1S/C13H16N4OS/c1-18-12-10-11(14-8-15-12)17(13(19)16-10)7-6-9-4-2-3-5-9/h4,8H,2-3,5-7H2,1H3,(H,16,19). The summed E-state index contributed by atoms with van der Waals surface area (Å²) in [5.74, 6) is 0.537. The molecule has 1 N–H and O–H groups in total. The van der Waals surface area contributed by atoms with E-state index >= 15 is 0 Å². The van der Waals surface area contributed by atoms with Crippen LogP contribution in [0.1, 0.15) is 25.7 Å². The van der Waals surface area contributed by atoms with Crippen molar-refractivity contribution in [3.05, 3.63) is 22.7 Å². The minimum Gasteiger partial charge on any atom is -0.479 e. The zero-order chi connectivity index (χ0) is 13.2. The van der Waals surface area contributed by atoms with Crippen LogP contribution in [0.2, 0.25) is 0 Å². The van der Waals surface area contributed by atoms with Crippen molar-refractivity contribution in [3.63, 3.8) is 0 Å². The Labute approximate surface area is 116 Å². The molecule has 0 unspecified atom stereocenters. The zero-order valence-electron chi connectivity index (χ0n) is 10.8. The number of nitrogens with zero attached hydrogens (tertiary/aromatic N) is 3. The Hall–Kier alpha value is -1.69. The molecule has 0 aromatic carbocycles. The molecule has 1 aliphatic carbocycles. The minimum absolute atomic E-state index is 0.537. The van der Waals surface area contributed by atoms with Crippen molar-refractivity contribution in [1.29, 1.82) is 0 Å². The van der Waals surface area contributed by atoms with E-state index in [-0.39, 0.29) is 0 Å². The Morgan fingerprint density at radius 2 is 2.37 bits per heavy atom. The van der Waals surface area contributed by atoms with Gasteiger partial charge in [0.2, 0.25) is 5.88 Å². The fourth-order valence-corrected chi connectivity index (χ4v) is 2.81. The van der Waals surface area contributed by atoms with Crippen molar-refractivity contribution in [1.82, 2.24) is 19.5 Å². The topological polar surface area (TPSA) is 55.7 Å². The number of aromatic amines is 1. The quantitative estimate of drug-likeness (QED) is 0.689. The predicted octanol–water partition coefficient (Wildman–Crippen LogP) is 3.00. The number of rotatable bonds is 4. The lowest BCUT2D eigenvalue weighted by Gasteiger charge is -2.05. The Kier molecular flexibility index (Phi) is 3.33. The maximum Gasteiger partial charge on any atom is 0.242 e. The summed E-state index contributed by atoms with van der Waals surface area (Å²) >= 11 is 5.37. The van der Waals surface area contributed by atoms with Gasteiger partial charge in [-0.05, 0) is 37.9 Å². The first-order valence-electron chi connectivity index (χ1n) is 6.45. The Morgan fingerprint density at radius 3 is 3.11 bits per heavy atom. The summed E-state index contributed by atoms with van der Waals surface area (Å²) in [6, 6.07) is 0. The van der Waals surface area contributed by atoms with E-state index in [2.05, 4.69) is 21.0 Å². The number of nitrogens with one attached hydrogen (secondary N) is 1. The number of fused-ring (bicyclic) bond motifs is 1. The average Bonchev–Trinajstić information content (AvgIpc) is 3.03. The van der Waals surface area contributed by atoms with Crippen LogP contribution in [0.5, 0.6) is 5.88 Å². The van der Waals surface area contributed by atoms with Crippen molar-refractivity contribution in [2.45, 2.75) is 32.2 Å². The Balaban J connectivity index is 1.94. The fraction of sp³-hybridized carbons (Fsp3) is 0.462. The Bertz CT molecular complexity index is 685. The second-order valence-electron chi connectivity index (χ2n) is 4.67. The summed E-state index contributed by atoms with van der Waals surface area (Å²) in [4.78, 5) is 11.5. The van der Waals surface area contributed by atoms with Gasteiger partial charge in [0.05, 0.1) is 7.11 Å². The molecule has 0 amide bonds. The van der Waals surface area contributed by atoms with E-state index < -0.39 is 0 Å². The highest BCUT2D eigenvalue weighted by Gasteiger charge is 2.12. The summed E-state index contributed by atoms with van der Waals surface area (Å²) in [5, 5.41) is 0. The SMILES string of the molecule is COc1ncnc2c1[nH]c(=S)n2CCC1=CCCC1. The van der Waals surface area contributed by atoms with Gasteiger partial charge in [0.25, 0.3) is 0 Å². The molecule has 100 valence electrons. The molecule has 0 bridgehead atoms. The van der Waals surface area contributed by atoms with Gasteiger partial charge < -0.3 is 14.3 Å². The molecule has 2 heterocycles. The van der Waals surface area contributed by atoms with Crippen LogP contribution < -0.4 is 4.74 Å². The van der Waals surface area contributed by atoms with Gasteiger partial charge in [0, 0.05) is 6.54 Å². The molecule has 2 aromatic rings. The molecule has 0 radical (unpaired) electrons. The number of aryl methyl sites for hydroxylation is 1. The van der Waals surface area contributed by atoms with Gasteiger partial charge in [0.15, 0.2) is 10.4 Å². The van der Waals surface area contributed by atoms with Crippen molar-refractivity contribution in [2.24, 2.45) is 0 Å². The van der Waals surface area contributed by atoms with Crippen LogP contribution in [0, 0.1) is 4.77 Å². The average molecular weight is 276 g/mol. The van der Waals surface area contributed by atoms with Crippen LogP contribution in [-0.2, 0) is 6.54 Å². The lowest BCUT2D eigenvalue weighted by Crippen LogP contribution is -2.00. The maximum absolute atomic E-state index is 5.37. The normalized spacial score (nSPS) is 14.9. The number of allylic oxidation sites excluding steroid dienone is 2. The molecule has 0 aliphatic heterocycles. The second kappa shape index (κ2) is 5.13. The highest BCUT2D eigenvalue weighted by atomic mass is 32.1. The monoisotopic (exact) mass is 276 g/mol. The van der Waals surface area contributed by atoms with Crippen molar-refractivity contribution in [3.8, 4) is 5.88 Å². The molecular weight excluding hydrogens is 260 g/mol. The smallest absolute Gasteiger partial charge is 0.242 e. The predicted molar refractivity (Wildman–Crippen MR) is 75.8 cm³/mol. The first-order chi connectivity index (χ1) is 9.29. The molecule has 1 aliphatic rings.